The van der Waals surface area contributed by atoms with Crippen LogP contribution in [0.4, 0.5) is 0 Å². The van der Waals surface area contributed by atoms with Crippen LogP contribution in [0.15, 0.2) is 24.9 Å². The van der Waals surface area contributed by atoms with E-state index in [1.807, 2.05) is 10.7 Å². The molecule has 1 fully saturated rings. The van der Waals surface area contributed by atoms with Crippen molar-refractivity contribution in [3.8, 4) is 0 Å². The number of aromatic nitrogens is 4. The predicted octanol–water partition coefficient (Wildman–Crippen LogP) is 2.47. The number of pyridine rings is 1. The second-order valence-electron chi connectivity index (χ2n) is 6.89. The van der Waals surface area contributed by atoms with Crippen molar-refractivity contribution in [2.45, 2.75) is 63.5 Å². The molecular formula is C18H23N5O. The van der Waals surface area contributed by atoms with E-state index in [9.17, 15) is 4.79 Å². The van der Waals surface area contributed by atoms with Crippen LogP contribution in [0.25, 0.3) is 0 Å². The molecule has 1 amide bonds. The lowest BCUT2D eigenvalue weighted by molar-refractivity contribution is 0.0921. The smallest absolute Gasteiger partial charge is 0.253 e. The van der Waals surface area contributed by atoms with Crippen LogP contribution in [-0.4, -0.2) is 31.7 Å². The summed E-state index contributed by atoms with van der Waals surface area (Å²) in [5.41, 5.74) is 3.13. The van der Waals surface area contributed by atoms with Crippen molar-refractivity contribution in [1.29, 1.82) is 0 Å². The van der Waals surface area contributed by atoms with E-state index in [0.717, 1.165) is 38.5 Å². The Morgan fingerprint density at radius 1 is 1.17 bits per heavy atom. The topological polar surface area (TPSA) is 72.7 Å². The zero-order valence-electron chi connectivity index (χ0n) is 13.8. The Balaban J connectivity index is 1.35. The molecule has 0 radical (unpaired) electrons. The number of nitrogens with one attached hydrogen (secondary N) is 1. The summed E-state index contributed by atoms with van der Waals surface area (Å²) in [5, 5.41) is 7.41. The third-order valence-corrected chi connectivity index (χ3v) is 5.27. The highest BCUT2D eigenvalue weighted by molar-refractivity contribution is 5.94. The molecule has 0 bridgehead atoms. The van der Waals surface area contributed by atoms with Crippen molar-refractivity contribution < 1.29 is 4.79 Å². The molecule has 1 N–H and O–H groups in total. The van der Waals surface area contributed by atoms with E-state index in [4.69, 9.17) is 0 Å². The third-order valence-electron chi connectivity index (χ3n) is 5.27. The predicted molar refractivity (Wildman–Crippen MR) is 89.7 cm³/mol. The number of fused-ring (bicyclic) bond motifs is 1. The largest absolute Gasteiger partial charge is 0.349 e. The summed E-state index contributed by atoms with van der Waals surface area (Å²) >= 11 is 0. The minimum absolute atomic E-state index is 0.0140. The molecule has 126 valence electrons. The first-order chi connectivity index (χ1) is 11.8. The van der Waals surface area contributed by atoms with Crippen molar-refractivity contribution in [2.75, 3.05) is 0 Å². The van der Waals surface area contributed by atoms with Gasteiger partial charge in [-0.2, -0.15) is 5.10 Å². The molecule has 0 aromatic carbocycles. The molecule has 6 heteroatoms. The number of aryl methyl sites for hydroxylation is 2. The van der Waals surface area contributed by atoms with E-state index in [0.29, 0.717) is 11.6 Å². The number of nitrogens with zero attached hydrogens (tertiary/aromatic N) is 4. The number of rotatable bonds is 3. The summed E-state index contributed by atoms with van der Waals surface area (Å²) in [6, 6.07) is 2.69. The van der Waals surface area contributed by atoms with Gasteiger partial charge in [0.25, 0.3) is 5.91 Å². The molecule has 2 aromatic heterocycles. The lowest BCUT2D eigenvalue weighted by Gasteiger charge is -2.29. The number of hydrogen-bond acceptors (Lipinski definition) is 4. The van der Waals surface area contributed by atoms with Gasteiger partial charge in [-0.15, -0.1) is 0 Å². The number of carbonyl (C=O) groups is 1. The van der Waals surface area contributed by atoms with E-state index < -0.39 is 0 Å². The van der Waals surface area contributed by atoms with E-state index in [2.05, 4.69) is 20.4 Å². The van der Waals surface area contributed by atoms with Gasteiger partial charge in [-0.3, -0.25) is 9.78 Å². The maximum Gasteiger partial charge on any atom is 0.253 e. The van der Waals surface area contributed by atoms with Gasteiger partial charge in [0, 0.05) is 17.9 Å². The lowest BCUT2D eigenvalue weighted by atomic mass is 9.91. The van der Waals surface area contributed by atoms with Gasteiger partial charge in [0.15, 0.2) is 0 Å². The van der Waals surface area contributed by atoms with Crippen LogP contribution in [0.2, 0.25) is 0 Å². The Hall–Kier alpha value is -2.24. The fourth-order valence-electron chi connectivity index (χ4n) is 3.87. The molecule has 2 aromatic rings. The minimum Gasteiger partial charge on any atom is -0.349 e. The van der Waals surface area contributed by atoms with Gasteiger partial charge in [-0.25, -0.2) is 9.67 Å². The van der Waals surface area contributed by atoms with Crippen molar-refractivity contribution in [3.05, 3.63) is 41.7 Å². The van der Waals surface area contributed by atoms with Crippen molar-refractivity contribution in [1.82, 2.24) is 25.1 Å². The monoisotopic (exact) mass is 325 g/mol. The van der Waals surface area contributed by atoms with Gasteiger partial charge in [-0.05, 0) is 63.0 Å². The van der Waals surface area contributed by atoms with Crippen LogP contribution in [0, 0.1) is 0 Å². The van der Waals surface area contributed by atoms with Gasteiger partial charge >= 0.3 is 0 Å². The zero-order valence-corrected chi connectivity index (χ0v) is 13.8. The summed E-state index contributed by atoms with van der Waals surface area (Å²) in [6.07, 6.45) is 13.6. The van der Waals surface area contributed by atoms with Gasteiger partial charge in [-0.1, -0.05) is 0 Å². The van der Waals surface area contributed by atoms with Crippen molar-refractivity contribution in [2.24, 2.45) is 0 Å². The number of amides is 1. The number of carbonyl (C=O) groups excluding carboxylic acids is 1. The highest BCUT2D eigenvalue weighted by Gasteiger charge is 2.24. The van der Waals surface area contributed by atoms with Gasteiger partial charge < -0.3 is 5.32 Å². The van der Waals surface area contributed by atoms with E-state index >= 15 is 0 Å². The minimum atomic E-state index is 0.0140. The molecule has 2 aliphatic carbocycles. The Kier molecular flexibility index (Phi) is 4.28. The maximum atomic E-state index is 12.5. The van der Waals surface area contributed by atoms with Crippen LogP contribution < -0.4 is 5.32 Å². The van der Waals surface area contributed by atoms with Gasteiger partial charge in [0.1, 0.15) is 12.7 Å². The normalized spacial score (nSPS) is 23.5. The Labute approximate surface area is 141 Å². The molecule has 0 aliphatic heterocycles. The maximum absolute atomic E-state index is 12.5. The molecule has 24 heavy (non-hydrogen) atoms. The van der Waals surface area contributed by atoms with Crippen LogP contribution in [0.1, 0.15) is 66.2 Å². The molecule has 6 nitrogen and oxygen atoms in total. The van der Waals surface area contributed by atoms with Gasteiger partial charge in [0.05, 0.1) is 11.6 Å². The Bertz CT molecular complexity index is 704. The molecule has 0 unspecified atom stereocenters. The zero-order chi connectivity index (χ0) is 16.4. The molecule has 0 spiro atoms. The summed E-state index contributed by atoms with van der Waals surface area (Å²) in [5.74, 6) is 0.0140. The average Bonchev–Trinajstić information content (AvgIpc) is 3.16. The third kappa shape index (κ3) is 3.18. The highest BCUT2D eigenvalue weighted by Crippen LogP contribution is 2.28. The first-order valence-electron chi connectivity index (χ1n) is 8.92. The van der Waals surface area contributed by atoms with Crippen molar-refractivity contribution in [3.63, 3.8) is 0 Å². The number of hydrogen-bond donors (Lipinski definition) is 1. The first kappa shape index (κ1) is 15.3. The molecule has 2 aliphatic rings. The van der Waals surface area contributed by atoms with Crippen molar-refractivity contribution >= 4 is 5.91 Å². The summed E-state index contributed by atoms with van der Waals surface area (Å²) in [6.45, 7) is 0. The summed E-state index contributed by atoms with van der Waals surface area (Å²) in [4.78, 5) is 21.0. The molecule has 0 atom stereocenters. The highest BCUT2D eigenvalue weighted by atomic mass is 16.1. The van der Waals surface area contributed by atoms with E-state index in [1.165, 1.54) is 24.1 Å². The second kappa shape index (κ2) is 6.71. The fourth-order valence-corrected chi connectivity index (χ4v) is 3.87. The SMILES string of the molecule is O=C(NC1CCC(n2cncn2)CC1)c1cnc2c(c1)CCCC2. The quantitative estimate of drug-likeness (QED) is 0.941. The Morgan fingerprint density at radius 2 is 2.00 bits per heavy atom. The molecule has 2 heterocycles. The second-order valence-corrected chi connectivity index (χ2v) is 6.89. The standard InChI is InChI=1S/C18H23N5O/c24-18(14-9-13-3-1-2-4-17(13)20-10-14)22-15-5-7-16(8-6-15)23-12-19-11-21-23/h9-12,15-16H,1-8H2,(H,22,24). The first-order valence-corrected chi connectivity index (χ1v) is 8.92. The fraction of sp³-hybridized carbons (Fsp3) is 0.556. The van der Waals surface area contributed by atoms with E-state index in [1.54, 1.807) is 18.9 Å². The summed E-state index contributed by atoms with van der Waals surface area (Å²) < 4.78 is 1.94. The van der Waals surface area contributed by atoms with Gasteiger partial charge in [0.2, 0.25) is 0 Å². The van der Waals surface area contributed by atoms with E-state index in [-0.39, 0.29) is 11.9 Å². The van der Waals surface area contributed by atoms with Crippen LogP contribution >= 0.6 is 0 Å². The Morgan fingerprint density at radius 3 is 2.79 bits per heavy atom. The summed E-state index contributed by atoms with van der Waals surface area (Å²) in [7, 11) is 0. The van der Waals surface area contributed by atoms with Crippen LogP contribution in [0.3, 0.4) is 0 Å². The average molecular weight is 325 g/mol. The van der Waals surface area contributed by atoms with Crippen LogP contribution in [-0.2, 0) is 12.8 Å². The van der Waals surface area contributed by atoms with Crippen LogP contribution in [0.5, 0.6) is 0 Å². The molecule has 0 saturated heterocycles. The molecule has 4 rings (SSSR count). The molecular weight excluding hydrogens is 302 g/mol. The molecule has 1 saturated carbocycles. The lowest BCUT2D eigenvalue weighted by Crippen LogP contribution is -2.38.